The topological polar surface area (TPSA) is 128 Å². The van der Waals surface area contributed by atoms with Gasteiger partial charge in [0.25, 0.3) is 5.91 Å². The molecule has 1 aliphatic heterocycles. The van der Waals surface area contributed by atoms with Gasteiger partial charge >= 0.3 is 0 Å². The lowest BCUT2D eigenvalue weighted by atomic mass is 10.0. The molecule has 2 aromatic carbocycles. The summed E-state index contributed by atoms with van der Waals surface area (Å²) in [6.45, 7) is -0.0790. The molecule has 2 aromatic rings. The highest BCUT2D eigenvalue weighted by Gasteiger charge is 2.37. The lowest BCUT2D eigenvalue weighted by Crippen LogP contribution is -2.49. The molecule has 31 heavy (non-hydrogen) atoms. The summed E-state index contributed by atoms with van der Waals surface area (Å²) in [7, 11) is -2.37. The van der Waals surface area contributed by atoms with Crippen molar-refractivity contribution in [1.82, 2.24) is 4.31 Å². The third kappa shape index (κ3) is 5.33. The molecule has 1 atom stereocenters. The van der Waals surface area contributed by atoms with Gasteiger partial charge < -0.3 is 20.5 Å². The lowest BCUT2D eigenvalue weighted by Gasteiger charge is -2.33. The van der Waals surface area contributed by atoms with Gasteiger partial charge in [0.05, 0.1) is 12.0 Å². The maximum absolute atomic E-state index is 13.1. The Hall–Kier alpha value is -3.11. The maximum Gasteiger partial charge on any atom is 0.255 e. The summed E-state index contributed by atoms with van der Waals surface area (Å²) in [5.41, 5.74) is 5.50. The van der Waals surface area contributed by atoms with Crippen LogP contribution in [0.2, 0.25) is 0 Å². The zero-order valence-corrected chi connectivity index (χ0v) is 17.9. The fourth-order valence-corrected chi connectivity index (χ4v) is 5.10. The molecular weight excluding hydrogens is 422 g/mol. The molecule has 1 fully saturated rings. The van der Waals surface area contributed by atoms with E-state index in [1.165, 1.54) is 29.6 Å². The van der Waals surface area contributed by atoms with Crippen molar-refractivity contribution in [2.45, 2.75) is 30.2 Å². The van der Waals surface area contributed by atoms with Crippen LogP contribution in [0.25, 0.3) is 0 Å². The number of nitrogens with zero attached hydrogens (tertiary/aromatic N) is 1. The smallest absolute Gasteiger partial charge is 0.255 e. The number of carbonyl (C=O) groups excluding carboxylic acids is 2. The predicted octanol–water partition coefficient (Wildman–Crippen LogP) is 1.74. The van der Waals surface area contributed by atoms with Gasteiger partial charge in [0.1, 0.15) is 6.04 Å². The number of amides is 2. The van der Waals surface area contributed by atoms with Crippen LogP contribution in [0.4, 0.5) is 5.69 Å². The molecule has 3 rings (SSSR count). The van der Waals surface area contributed by atoms with Gasteiger partial charge in [-0.15, -0.1) is 0 Å². The number of nitrogens with one attached hydrogen (secondary N) is 1. The van der Waals surface area contributed by atoms with Gasteiger partial charge in [-0.2, -0.15) is 4.31 Å². The molecule has 1 saturated heterocycles. The van der Waals surface area contributed by atoms with Crippen molar-refractivity contribution >= 4 is 27.5 Å². The Balaban J connectivity index is 1.81. The van der Waals surface area contributed by atoms with E-state index in [0.717, 1.165) is 6.42 Å². The Labute approximate surface area is 181 Å². The number of rotatable bonds is 8. The zero-order chi connectivity index (χ0) is 22.4. The fourth-order valence-electron chi connectivity index (χ4n) is 3.42. The molecule has 0 spiro atoms. The molecule has 1 unspecified atom stereocenters. The summed E-state index contributed by atoms with van der Waals surface area (Å²) in [6.07, 6.45) is 1.84. The van der Waals surface area contributed by atoms with Crippen LogP contribution < -0.4 is 20.5 Å². The molecule has 2 amide bonds. The van der Waals surface area contributed by atoms with E-state index in [-0.39, 0.29) is 23.8 Å². The third-order valence-electron chi connectivity index (χ3n) is 4.91. The largest absolute Gasteiger partial charge is 0.493 e. The first kappa shape index (κ1) is 22.6. The molecule has 10 heteroatoms. The summed E-state index contributed by atoms with van der Waals surface area (Å²) in [5, 5.41) is 2.75. The van der Waals surface area contributed by atoms with Gasteiger partial charge in [-0.3, -0.25) is 9.59 Å². The Kier molecular flexibility index (Phi) is 7.13. The summed E-state index contributed by atoms with van der Waals surface area (Å²) < 4.78 is 38.0. The van der Waals surface area contributed by atoms with E-state index in [4.69, 9.17) is 15.2 Å². The van der Waals surface area contributed by atoms with Crippen LogP contribution in [0.15, 0.2) is 53.4 Å². The molecule has 0 saturated carbocycles. The fraction of sp³-hybridized carbons (Fsp3) is 0.333. The van der Waals surface area contributed by atoms with E-state index in [1.807, 2.05) is 0 Å². The number of methoxy groups -OCH3 is 1. The monoisotopic (exact) mass is 447 g/mol. The maximum atomic E-state index is 13.1. The Bertz CT molecular complexity index is 1040. The van der Waals surface area contributed by atoms with Gasteiger partial charge in [0.2, 0.25) is 15.9 Å². The molecule has 9 nitrogen and oxygen atoms in total. The van der Waals surface area contributed by atoms with Gasteiger partial charge in [0.15, 0.2) is 18.1 Å². The van der Waals surface area contributed by atoms with Gasteiger partial charge in [-0.25, -0.2) is 8.42 Å². The molecule has 0 radical (unpaired) electrons. The summed E-state index contributed by atoms with van der Waals surface area (Å²) >= 11 is 0. The number of benzene rings is 2. The first-order chi connectivity index (χ1) is 14.8. The molecule has 1 aliphatic rings. The van der Waals surface area contributed by atoms with E-state index in [2.05, 4.69) is 5.32 Å². The summed E-state index contributed by atoms with van der Waals surface area (Å²) in [4.78, 5) is 24.2. The van der Waals surface area contributed by atoms with Gasteiger partial charge in [-0.1, -0.05) is 24.6 Å². The van der Waals surface area contributed by atoms with Crippen molar-refractivity contribution in [3.8, 4) is 11.5 Å². The summed E-state index contributed by atoms with van der Waals surface area (Å²) in [5.74, 6) is -0.493. The second kappa shape index (κ2) is 9.80. The van der Waals surface area contributed by atoms with E-state index in [9.17, 15) is 18.0 Å². The number of sulfonamides is 1. The van der Waals surface area contributed by atoms with E-state index < -0.39 is 27.9 Å². The number of anilines is 1. The molecular formula is C21H25N3O6S. The number of ether oxygens (including phenoxy) is 2. The highest BCUT2D eigenvalue weighted by Crippen LogP contribution is 2.31. The van der Waals surface area contributed by atoms with Crippen molar-refractivity contribution in [1.29, 1.82) is 0 Å². The van der Waals surface area contributed by atoms with Crippen molar-refractivity contribution in [3.05, 3.63) is 48.5 Å². The average molecular weight is 448 g/mol. The minimum Gasteiger partial charge on any atom is -0.493 e. The van der Waals surface area contributed by atoms with Crippen LogP contribution in [0, 0.1) is 0 Å². The number of primary amides is 1. The Morgan fingerprint density at radius 1 is 1.13 bits per heavy atom. The molecule has 1 heterocycles. The minimum absolute atomic E-state index is 0.154. The second-order valence-corrected chi connectivity index (χ2v) is 8.94. The second-order valence-electron chi connectivity index (χ2n) is 7.05. The van der Waals surface area contributed by atoms with Crippen LogP contribution in [0.3, 0.4) is 0 Å². The van der Waals surface area contributed by atoms with Crippen LogP contribution in [-0.2, 0) is 19.6 Å². The van der Waals surface area contributed by atoms with E-state index in [1.54, 1.807) is 30.3 Å². The van der Waals surface area contributed by atoms with Gasteiger partial charge in [-0.05, 0) is 37.1 Å². The van der Waals surface area contributed by atoms with Crippen molar-refractivity contribution in [3.63, 3.8) is 0 Å². The molecule has 0 aromatic heterocycles. The Morgan fingerprint density at radius 2 is 1.87 bits per heavy atom. The molecule has 0 aliphatic carbocycles. The SMILES string of the molecule is COc1ccc(NC(=O)C2CCCCN2S(=O)(=O)c2ccccc2)cc1OCC(N)=O. The number of carbonyl (C=O) groups is 2. The Morgan fingerprint density at radius 3 is 2.55 bits per heavy atom. The van der Waals surface area contributed by atoms with Crippen LogP contribution in [-0.4, -0.2) is 50.8 Å². The van der Waals surface area contributed by atoms with Crippen LogP contribution >= 0.6 is 0 Å². The third-order valence-corrected chi connectivity index (χ3v) is 6.83. The minimum atomic E-state index is -3.81. The number of nitrogens with two attached hydrogens (primary N) is 1. The van der Waals surface area contributed by atoms with Crippen LogP contribution in [0.5, 0.6) is 11.5 Å². The van der Waals surface area contributed by atoms with E-state index >= 15 is 0 Å². The molecule has 166 valence electrons. The normalized spacial score (nSPS) is 17.0. The van der Waals surface area contributed by atoms with E-state index in [0.29, 0.717) is 24.3 Å². The number of hydrogen-bond donors (Lipinski definition) is 2. The first-order valence-electron chi connectivity index (χ1n) is 9.80. The lowest BCUT2D eigenvalue weighted by molar-refractivity contribution is -0.121. The highest BCUT2D eigenvalue weighted by molar-refractivity contribution is 7.89. The van der Waals surface area contributed by atoms with Crippen molar-refractivity contribution < 1.29 is 27.5 Å². The van der Waals surface area contributed by atoms with Gasteiger partial charge in [0, 0.05) is 18.3 Å². The van der Waals surface area contributed by atoms with Crippen LogP contribution in [0.1, 0.15) is 19.3 Å². The average Bonchev–Trinajstić information content (AvgIpc) is 2.78. The predicted molar refractivity (Wildman–Crippen MR) is 114 cm³/mol. The zero-order valence-electron chi connectivity index (χ0n) is 17.1. The highest BCUT2D eigenvalue weighted by atomic mass is 32.2. The van der Waals surface area contributed by atoms with Crippen molar-refractivity contribution in [2.24, 2.45) is 5.73 Å². The molecule has 0 bridgehead atoms. The molecule has 3 N–H and O–H groups in total. The number of hydrogen-bond acceptors (Lipinski definition) is 6. The number of piperidine rings is 1. The quantitative estimate of drug-likeness (QED) is 0.634. The summed E-state index contributed by atoms with van der Waals surface area (Å²) in [6, 6.07) is 11.9. The first-order valence-corrected chi connectivity index (χ1v) is 11.2. The standard InChI is InChI=1S/C21H25N3O6S/c1-29-18-11-10-15(13-19(18)30-14-20(22)25)23-21(26)17-9-5-6-12-24(17)31(27,28)16-7-3-2-4-8-16/h2-4,7-8,10-11,13,17H,5-6,9,12,14H2,1H3,(H2,22,25)(H,23,26). The van der Waals surface area contributed by atoms with Crippen molar-refractivity contribution in [2.75, 3.05) is 25.6 Å².